The molecule has 0 atom stereocenters. The third-order valence-corrected chi connectivity index (χ3v) is 1.44. The number of aryl methyl sites for hydroxylation is 1. The highest BCUT2D eigenvalue weighted by Crippen LogP contribution is 1.97. The van der Waals surface area contributed by atoms with E-state index in [1.54, 1.807) is 6.92 Å². The van der Waals surface area contributed by atoms with Crippen molar-refractivity contribution in [1.82, 2.24) is 9.97 Å². The Morgan fingerprint density at radius 1 is 1.77 bits per heavy atom. The van der Waals surface area contributed by atoms with Crippen LogP contribution in [0.1, 0.15) is 12.2 Å². The minimum Gasteiger partial charge on any atom is -0.369 e. The first-order chi connectivity index (χ1) is 6.22. The standard InChI is InChI=1S/C9H11N3O/c1-3-4-5-10-8-6-9(13)12-7(2)11-8/h1,6H,4-5H2,2H3,(H2,10,11,12,13). The molecule has 0 saturated heterocycles. The van der Waals surface area contributed by atoms with Crippen molar-refractivity contribution < 1.29 is 0 Å². The lowest BCUT2D eigenvalue weighted by Gasteiger charge is -2.02. The van der Waals surface area contributed by atoms with Gasteiger partial charge < -0.3 is 10.3 Å². The van der Waals surface area contributed by atoms with Crippen LogP contribution in [-0.4, -0.2) is 16.5 Å². The number of rotatable bonds is 3. The van der Waals surface area contributed by atoms with Crippen LogP contribution in [0.5, 0.6) is 0 Å². The van der Waals surface area contributed by atoms with Crippen molar-refractivity contribution >= 4 is 5.82 Å². The third-order valence-electron chi connectivity index (χ3n) is 1.44. The number of H-pyrrole nitrogens is 1. The Balaban J connectivity index is 2.68. The predicted octanol–water partition coefficient (Wildman–Crippen LogP) is 0.514. The molecule has 1 rings (SSSR count). The molecule has 0 bridgehead atoms. The molecule has 13 heavy (non-hydrogen) atoms. The molecule has 0 amide bonds. The van der Waals surface area contributed by atoms with Gasteiger partial charge in [-0.2, -0.15) is 0 Å². The van der Waals surface area contributed by atoms with Gasteiger partial charge >= 0.3 is 0 Å². The van der Waals surface area contributed by atoms with Crippen molar-refractivity contribution in [1.29, 1.82) is 0 Å². The maximum atomic E-state index is 11.0. The monoisotopic (exact) mass is 177 g/mol. The zero-order valence-corrected chi connectivity index (χ0v) is 7.42. The number of nitrogens with one attached hydrogen (secondary N) is 2. The van der Waals surface area contributed by atoms with Crippen molar-refractivity contribution in [2.75, 3.05) is 11.9 Å². The van der Waals surface area contributed by atoms with Crippen molar-refractivity contribution in [3.8, 4) is 12.3 Å². The molecule has 0 aliphatic heterocycles. The zero-order valence-electron chi connectivity index (χ0n) is 7.42. The number of terminal acetylenes is 1. The van der Waals surface area contributed by atoms with Gasteiger partial charge in [0, 0.05) is 19.0 Å². The summed E-state index contributed by atoms with van der Waals surface area (Å²) < 4.78 is 0. The number of aromatic amines is 1. The van der Waals surface area contributed by atoms with E-state index in [0.717, 1.165) is 0 Å². The summed E-state index contributed by atoms with van der Waals surface area (Å²) in [5.41, 5.74) is -0.157. The molecule has 1 heterocycles. The molecule has 2 N–H and O–H groups in total. The topological polar surface area (TPSA) is 57.8 Å². The van der Waals surface area contributed by atoms with E-state index in [1.807, 2.05) is 0 Å². The maximum Gasteiger partial charge on any atom is 0.252 e. The number of aromatic nitrogens is 2. The van der Waals surface area contributed by atoms with Crippen LogP contribution in [0.4, 0.5) is 5.82 Å². The molecule has 0 unspecified atom stereocenters. The largest absolute Gasteiger partial charge is 0.369 e. The van der Waals surface area contributed by atoms with Crippen LogP contribution in [0.25, 0.3) is 0 Å². The summed E-state index contributed by atoms with van der Waals surface area (Å²) in [5.74, 6) is 3.65. The third kappa shape index (κ3) is 2.99. The van der Waals surface area contributed by atoms with Gasteiger partial charge in [-0.3, -0.25) is 4.79 Å². The van der Waals surface area contributed by atoms with E-state index in [1.165, 1.54) is 6.07 Å². The number of hydrogen-bond acceptors (Lipinski definition) is 3. The van der Waals surface area contributed by atoms with Crippen LogP contribution in [-0.2, 0) is 0 Å². The molecular formula is C9H11N3O. The van der Waals surface area contributed by atoms with Gasteiger partial charge in [0.25, 0.3) is 5.56 Å². The van der Waals surface area contributed by atoms with E-state index in [4.69, 9.17) is 6.42 Å². The van der Waals surface area contributed by atoms with Gasteiger partial charge in [0.1, 0.15) is 11.6 Å². The van der Waals surface area contributed by atoms with Crippen LogP contribution in [0, 0.1) is 19.3 Å². The van der Waals surface area contributed by atoms with Gasteiger partial charge in [-0.1, -0.05) is 0 Å². The first-order valence-corrected chi connectivity index (χ1v) is 3.97. The van der Waals surface area contributed by atoms with E-state index in [2.05, 4.69) is 21.2 Å². The Kier molecular flexibility index (Phi) is 3.09. The zero-order chi connectivity index (χ0) is 9.68. The minimum atomic E-state index is -0.157. The number of hydrogen-bond donors (Lipinski definition) is 2. The van der Waals surface area contributed by atoms with Crippen molar-refractivity contribution in [2.24, 2.45) is 0 Å². The fourth-order valence-electron chi connectivity index (χ4n) is 0.933. The molecule has 4 nitrogen and oxygen atoms in total. The summed E-state index contributed by atoms with van der Waals surface area (Å²) in [6, 6.07) is 1.41. The van der Waals surface area contributed by atoms with Crippen LogP contribution in [0.3, 0.4) is 0 Å². The van der Waals surface area contributed by atoms with E-state index >= 15 is 0 Å². The second kappa shape index (κ2) is 4.31. The molecule has 0 spiro atoms. The Hall–Kier alpha value is -1.76. The van der Waals surface area contributed by atoms with Gasteiger partial charge in [-0.25, -0.2) is 4.98 Å². The molecule has 0 aromatic carbocycles. The smallest absolute Gasteiger partial charge is 0.252 e. The average Bonchev–Trinajstić information content (AvgIpc) is 2.03. The highest BCUT2D eigenvalue weighted by molar-refractivity contribution is 5.32. The van der Waals surface area contributed by atoms with Gasteiger partial charge in [0.15, 0.2) is 0 Å². The normalized spacial score (nSPS) is 9.23. The summed E-state index contributed by atoms with van der Waals surface area (Å²) in [7, 11) is 0. The number of anilines is 1. The molecule has 0 fully saturated rings. The minimum absolute atomic E-state index is 0.157. The summed E-state index contributed by atoms with van der Waals surface area (Å²) in [6.45, 7) is 2.36. The van der Waals surface area contributed by atoms with Crippen LogP contribution in [0.2, 0.25) is 0 Å². The molecule has 68 valence electrons. The molecule has 0 aliphatic rings. The van der Waals surface area contributed by atoms with Crippen LogP contribution < -0.4 is 10.9 Å². The van der Waals surface area contributed by atoms with E-state index in [-0.39, 0.29) is 5.56 Å². The molecule has 1 aromatic rings. The van der Waals surface area contributed by atoms with Gasteiger partial charge in [0.2, 0.25) is 0 Å². The SMILES string of the molecule is C#CCCNc1cc(=O)[nH]c(C)n1. The maximum absolute atomic E-state index is 11.0. The highest BCUT2D eigenvalue weighted by atomic mass is 16.1. The van der Waals surface area contributed by atoms with E-state index < -0.39 is 0 Å². The Morgan fingerprint density at radius 2 is 2.54 bits per heavy atom. The lowest BCUT2D eigenvalue weighted by Crippen LogP contribution is -2.12. The summed E-state index contributed by atoms with van der Waals surface area (Å²) >= 11 is 0. The summed E-state index contributed by atoms with van der Waals surface area (Å²) in [5, 5.41) is 2.95. The average molecular weight is 177 g/mol. The molecular weight excluding hydrogens is 166 g/mol. The fourth-order valence-corrected chi connectivity index (χ4v) is 0.933. The molecule has 0 saturated carbocycles. The van der Waals surface area contributed by atoms with Crippen molar-refractivity contribution in [2.45, 2.75) is 13.3 Å². The van der Waals surface area contributed by atoms with Crippen LogP contribution in [0.15, 0.2) is 10.9 Å². The highest BCUT2D eigenvalue weighted by Gasteiger charge is 1.95. The van der Waals surface area contributed by atoms with Gasteiger partial charge in [-0.05, 0) is 6.92 Å². The summed E-state index contributed by atoms with van der Waals surface area (Å²) in [4.78, 5) is 17.6. The second-order valence-electron chi connectivity index (χ2n) is 2.60. The first-order valence-electron chi connectivity index (χ1n) is 3.97. The van der Waals surface area contributed by atoms with Crippen molar-refractivity contribution in [3.05, 3.63) is 22.2 Å². The van der Waals surface area contributed by atoms with E-state index in [9.17, 15) is 4.79 Å². The Bertz CT molecular complexity index is 375. The fraction of sp³-hybridized carbons (Fsp3) is 0.333. The predicted molar refractivity (Wildman–Crippen MR) is 51.5 cm³/mol. The molecule has 1 aromatic heterocycles. The second-order valence-corrected chi connectivity index (χ2v) is 2.60. The number of nitrogens with zero attached hydrogens (tertiary/aromatic N) is 1. The van der Waals surface area contributed by atoms with Gasteiger partial charge in [-0.15, -0.1) is 12.3 Å². The lowest BCUT2D eigenvalue weighted by molar-refractivity contribution is 0.992. The Morgan fingerprint density at radius 3 is 3.15 bits per heavy atom. The molecule has 0 aliphatic carbocycles. The lowest BCUT2D eigenvalue weighted by atomic mass is 10.4. The van der Waals surface area contributed by atoms with E-state index in [0.29, 0.717) is 24.6 Å². The van der Waals surface area contributed by atoms with Crippen molar-refractivity contribution in [3.63, 3.8) is 0 Å². The van der Waals surface area contributed by atoms with Gasteiger partial charge in [0.05, 0.1) is 0 Å². The quantitative estimate of drug-likeness (QED) is 0.522. The first kappa shape index (κ1) is 9.33. The molecule has 4 heteroatoms. The summed E-state index contributed by atoms with van der Waals surface area (Å²) in [6.07, 6.45) is 5.69. The van der Waals surface area contributed by atoms with Crippen LogP contribution >= 0.6 is 0 Å². The Labute approximate surface area is 76.4 Å². The molecule has 0 radical (unpaired) electrons.